The fourth-order valence-electron chi connectivity index (χ4n) is 3.72. The number of benzene rings is 2. The van der Waals surface area contributed by atoms with E-state index in [2.05, 4.69) is 10.0 Å². The fraction of sp³-hybridized carbons (Fsp3) is 0.381. The predicted molar refractivity (Wildman–Crippen MR) is 122 cm³/mol. The van der Waals surface area contributed by atoms with E-state index in [0.717, 1.165) is 6.26 Å². The standard InChI is InChI=1S/C21H25N3O7S2/c1-32(26,27)24-10-2-3-17(14-24)22-21(25)15-4-6-16(7-5-15)23-33(28,29)18-8-9-19-20(13-18)31-12-11-30-19/h4-9,13,17,23H,2-3,10-12,14H2,1H3,(H,22,25). The third-order valence-electron chi connectivity index (χ3n) is 5.41. The maximum absolute atomic E-state index is 12.7. The molecule has 2 aromatic rings. The van der Waals surface area contributed by atoms with Crippen LogP contribution in [0.25, 0.3) is 0 Å². The number of hydrogen-bond acceptors (Lipinski definition) is 7. The summed E-state index contributed by atoms with van der Waals surface area (Å²) in [4.78, 5) is 12.6. The molecule has 1 saturated heterocycles. The quantitative estimate of drug-likeness (QED) is 0.619. The lowest BCUT2D eigenvalue weighted by Crippen LogP contribution is -2.49. The molecule has 10 nitrogen and oxygen atoms in total. The second-order valence-electron chi connectivity index (χ2n) is 7.92. The molecule has 4 rings (SSSR count). The van der Waals surface area contributed by atoms with Crippen LogP contribution in [0.3, 0.4) is 0 Å². The minimum Gasteiger partial charge on any atom is -0.486 e. The van der Waals surface area contributed by atoms with Gasteiger partial charge in [-0.25, -0.2) is 21.1 Å². The Hall–Kier alpha value is -2.83. The van der Waals surface area contributed by atoms with Gasteiger partial charge in [-0.3, -0.25) is 9.52 Å². The van der Waals surface area contributed by atoms with Crippen molar-refractivity contribution < 1.29 is 31.1 Å². The third kappa shape index (κ3) is 5.57. The lowest BCUT2D eigenvalue weighted by atomic mass is 10.1. The van der Waals surface area contributed by atoms with E-state index in [-0.39, 0.29) is 23.4 Å². The summed E-state index contributed by atoms with van der Waals surface area (Å²) in [6.07, 6.45) is 2.51. The summed E-state index contributed by atoms with van der Waals surface area (Å²) < 4.78 is 63.7. The molecule has 1 unspecified atom stereocenters. The molecule has 2 aliphatic rings. The van der Waals surface area contributed by atoms with Crippen molar-refractivity contribution in [3.05, 3.63) is 48.0 Å². The van der Waals surface area contributed by atoms with Gasteiger partial charge in [-0.2, -0.15) is 0 Å². The highest BCUT2D eigenvalue weighted by molar-refractivity contribution is 7.92. The zero-order chi connectivity index (χ0) is 23.6. The molecule has 12 heteroatoms. The molecule has 0 spiro atoms. The lowest BCUT2D eigenvalue weighted by molar-refractivity contribution is 0.0921. The second kappa shape index (κ2) is 9.20. The first-order chi connectivity index (χ1) is 15.6. The molecule has 0 radical (unpaired) electrons. The Morgan fingerprint density at radius 1 is 1.00 bits per heavy atom. The maximum Gasteiger partial charge on any atom is 0.262 e. The van der Waals surface area contributed by atoms with Gasteiger partial charge in [0.15, 0.2) is 11.5 Å². The molecule has 2 aliphatic heterocycles. The van der Waals surface area contributed by atoms with Crippen molar-refractivity contribution >= 4 is 31.6 Å². The number of amides is 1. The van der Waals surface area contributed by atoms with Gasteiger partial charge in [-0.15, -0.1) is 0 Å². The van der Waals surface area contributed by atoms with E-state index in [9.17, 15) is 21.6 Å². The van der Waals surface area contributed by atoms with Crippen molar-refractivity contribution in [1.82, 2.24) is 9.62 Å². The average molecular weight is 496 g/mol. The van der Waals surface area contributed by atoms with Gasteiger partial charge >= 0.3 is 0 Å². The van der Waals surface area contributed by atoms with Crippen molar-refractivity contribution in [2.45, 2.75) is 23.8 Å². The van der Waals surface area contributed by atoms with Crippen LogP contribution in [0.2, 0.25) is 0 Å². The van der Waals surface area contributed by atoms with Gasteiger partial charge in [0.2, 0.25) is 10.0 Å². The number of piperidine rings is 1. The highest BCUT2D eigenvalue weighted by Crippen LogP contribution is 2.32. The van der Waals surface area contributed by atoms with Gasteiger partial charge in [-0.1, -0.05) is 0 Å². The Bertz CT molecular complexity index is 1250. The molecule has 178 valence electrons. The van der Waals surface area contributed by atoms with E-state index in [1.54, 1.807) is 6.07 Å². The average Bonchev–Trinajstić information content (AvgIpc) is 2.78. The number of carbonyl (C=O) groups is 1. The molecule has 33 heavy (non-hydrogen) atoms. The molecule has 0 bridgehead atoms. The maximum atomic E-state index is 12.7. The van der Waals surface area contributed by atoms with Gasteiger partial charge in [0.05, 0.1) is 11.2 Å². The number of nitrogens with one attached hydrogen (secondary N) is 2. The third-order valence-corrected chi connectivity index (χ3v) is 8.06. The van der Waals surface area contributed by atoms with E-state index in [1.807, 2.05) is 0 Å². The minimum atomic E-state index is -3.87. The van der Waals surface area contributed by atoms with Crippen LogP contribution in [-0.2, 0) is 20.0 Å². The van der Waals surface area contributed by atoms with Crippen LogP contribution >= 0.6 is 0 Å². The van der Waals surface area contributed by atoms with Gasteiger partial charge in [0, 0.05) is 36.4 Å². The number of nitrogens with zero attached hydrogens (tertiary/aromatic N) is 1. The number of hydrogen-bond donors (Lipinski definition) is 2. The molecule has 0 saturated carbocycles. The van der Waals surface area contributed by atoms with Gasteiger partial charge in [-0.05, 0) is 49.2 Å². The highest BCUT2D eigenvalue weighted by atomic mass is 32.2. The molecular formula is C21H25N3O7S2. The fourth-order valence-corrected chi connectivity index (χ4v) is 5.71. The van der Waals surface area contributed by atoms with E-state index in [1.165, 1.54) is 40.7 Å². The number of ether oxygens (including phenoxy) is 2. The first-order valence-electron chi connectivity index (χ1n) is 10.4. The molecule has 1 fully saturated rings. The Labute approximate surface area is 193 Å². The van der Waals surface area contributed by atoms with Crippen molar-refractivity contribution in [2.24, 2.45) is 0 Å². The van der Waals surface area contributed by atoms with Crippen molar-refractivity contribution in [3.63, 3.8) is 0 Å². The van der Waals surface area contributed by atoms with Crippen molar-refractivity contribution in [3.8, 4) is 11.5 Å². The molecular weight excluding hydrogens is 470 g/mol. The Kier molecular flexibility index (Phi) is 6.50. The van der Waals surface area contributed by atoms with Crippen LogP contribution in [0.5, 0.6) is 11.5 Å². The second-order valence-corrected chi connectivity index (χ2v) is 11.6. The van der Waals surface area contributed by atoms with Crippen LogP contribution in [0, 0.1) is 0 Å². The Morgan fingerprint density at radius 2 is 1.70 bits per heavy atom. The van der Waals surface area contributed by atoms with Crippen LogP contribution in [0.15, 0.2) is 47.4 Å². The SMILES string of the molecule is CS(=O)(=O)N1CCCC(NC(=O)c2ccc(NS(=O)(=O)c3ccc4c(c3)OCCO4)cc2)C1. The van der Waals surface area contributed by atoms with Crippen LogP contribution in [0.4, 0.5) is 5.69 Å². The number of carbonyl (C=O) groups excluding carboxylic acids is 1. The Balaban J connectivity index is 1.40. The largest absolute Gasteiger partial charge is 0.486 e. The number of rotatable bonds is 6. The molecule has 2 aromatic carbocycles. The molecule has 2 N–H and O–H groups in total. The van der Waals surface area contributed by atoms with Crippen molar-refractivity contribution in [1.29, 1.82) is 0 Å². The number of anilines is 1. The van der Waals surface area contributed by atoms with Gasteiger partial charge < -0.3 is 14.8 Å². The van der Waals surface area contributed by atoms with Crippen LogP contribution < -0.4 is 19.5 Å². The van der Waals surface area contributed by atoms with Gasteiger partial charge in [0.25, 0.3) is 15.9 Å². The lowest BCUT2D eigenvalue weighted by Gasteiger charge is -2.31. The zero-order valence-electron chi connectivity index (χ0n) is 18.0. The smallest absolute Gasteiger partial charge is 0.262 e. The molecule has 1 amide bonds. The first-order valence-corrected chi connectivity index (χ1v) is 13.7. The van der Waals surface area contributed by atoms with E-state index < -0.39 is 20.0 Å². The normalized spacial score (nSPS) is 19.0. The van der Waals surface area contributed by atoms with E-state index in [4.69, 9.17) is 9.47 Å². The molecule has 1 atom stereocenters. The first kappa shape index (κ1) is 23.3. The van der Waals surface area contributed by atoms with E-state index >= 15 is 0 Å². The van der Waals surface area contributed by atoms with Gasteiger partial charge in [0.1, 0.15) is 13.2 Å². The Morgan fingerprint density at radius 3 is 2.39 bits per heavy atom. The molecule has 2 heterocycles. The zero-order valence-corrected chi connectivity index (χ0v) is 19.6. The van der Waals surface area contributed by atoms with Crippen molar-refractivity contribution in [2.75, 3.05) is 37.3 Å². The number of sulfonamides is 2. The summed E-state index contributed by atoms with van der Waals surface area (Å²) >= 11 is 0. The van der Waals surface area contributed by atoms with E-state index in [0.29, 0.717) is 55.4 Å². The summed E-state index contributed by atoms with van der Waals surface area (Å²) in [5.74, 6) is 0.512. The summed E-state index contributed by atoms with van der Waals surface area (Å²) in [5, 5.41) is 2.85. The predicted octanol–water partition coefficient (Wildman–Crippen LogP) is 1.41. The topological polar surface area (TPSA) is 131 Å². The van der Waals surface area contributed by atoms with Crippen LogP contribution in [-0.4, -0.2) is 65.6 Å². The summed E-state index contributed by atoms with van der Waals surface area (Å²) in [6.45, 7) is 1.44. The number of fused-ring (bicyclic) bond motifs is 1. The molecule has 0 aromatic heterocycles. The molecule has 0 aliphatic carbocycles. The summed E-state index contributed by atoms with van der Waals surface area (Å²) in [7, 11) is -7.18. The highest BCUT2D eigenvalue weighted by Gasteiger charge is 2.27. The van der Waals surface area contributed by atoms with Crippen LogP contribution in [0.1, 0.15) is 23.2 Å². The minimum absolute atomic E-state index is 0.0290. The summed E-state index contributed by atoms with van der Waals surface area (Å²) in [6, 6.07) is 10.1. The summed E-state index contributed by atoms with van der Waals surface area (Å²) in [5.41, 5.74) is 0.635. The monoisotopic (exact) mass is 495 g/mol.